The Morgan fingerprint density at radius 1 is 1.20 bits per heavy atom. The number of rotatable bonds is 6. The standard InChI is InChI=1S/C26H28ClF3N2O3/c1-16-7-6-10-20-22(16)25(14-19(23(33)35-2)31-24(34)26(28,29)30)12-11-18(27)13-21(25)32(20)15-17-8-4-3-5-9-17/h3-10,18-19,21H,11-15H2,1-2H3,(H,31,34)/t18-,19?,21+,25+/m0/s1. The molecule has 1 N–H and O–H groups in total. The van der Waals surface area contributed by atoms with Gasteiger partial charge in [-0.2, -0.15) is 13.2 Å². The predicted molar refractivity (Wildman–Crippen MR) is 127 cm³/mol. The predicted octanol–water partition coefficient (Wildman–Crippen LogP) is 5.02. The fraction of sp³-hybridized carbons (Fsp3) is 0.462. The third-order valence-corrected chi connectivity index (χ3v) is 7.66. The first-order valence-corrected chi connectivity index (χ1v) is 12.0. The summed E-state index contributed by atoms with van der Waals surface area (Å²) in [6.07, 6.45) is -3.31. The highest BCUT2D eigenvalue weighted by Crippen LogP contribution is 2.56. The first-order chi connectivity index (χ1) is 16.6. The molecule has 0 bridgehead atoms. The Morgan fingerprint density at radius 2 is 1.91 bits per heavy atom. The van der Waals surface area contributed by atoms with Gasteiger partial charge in [-0.25, -0.2) is 4.79 Å². The lowest BCUT2D eigenvalue weighted by atomic mass is 9.63. The van der Waals surface area contributed by atoms with E-state index in [0.717, 1.165) is 29.5 Å². The average Bonchev–Trinajstić information content (AvgIpc) is 3.08. The Kier molecular flexibility index (Phi) is 7.04. The van der Waals surface area contributed by atoms with E-state index < -0.39 is 29.5 Å². The Balaban J connectivity index is 1.79. The molecule has 2 aliphatic rings. The summed E-state index contributed by atoms with van der Waals surface area (Å²) in [6, 6.07) is 14.2. The van der Waals surface area contributed by atoms with Crippen LogP contribution in [0.5, 0.6) is 0 Å². The van der Waals surface area contributed by atoms with Crippen LogP contribution >= 0.6 is 11.6 Å². The minimum absolute atomic E-state index is 0.0150. The van der Waals surface area contributed by atoms with E-state index in [4.69, 9.17) is 16.3 Å². The zero-order valence-corrected chi connectivity index (χ0v) is 20.3. The molecule has 0 radical (unpaired) electrons. The Hall–Kier alpha value is -2.74. The Labute approximate surface area is 207 Å². The zero-order valence-electron chi connectivity index (χ0n) is 19.6. The maximum Gasteiger partial charge on any atom is 0.471 e. The number of halogens is 4. The molecule has 1 amide bonds. The highest BCUT2D eigenvalue weighted by atomic mass is 35.5. The number of alkyl halides is 4. The maximum atomic E-state index is 13.1. The smallest absolute Gasteiger partial charge is 0.467 e. The molecule has 1 aliphatic heterocycles. The molecular formula is C26H28ClF3N2O3. The number of nitrogens with one attached hydrogen (secondary N) is 1. The number of methoxy groups -OCH3 is 1. The quantitative estimate of drug-likeness (QED) is 0.439. The van der Waals surface area contributed by atoms with Crippen molar-refractivity contribution in [1.29, 1.82) is 0 Å². The molecular weight excluding hydrogens is 481 g/mol. The number of ether oxygens (including phenoxy) is 1. The second-order valence-corrected chi connectivity index (χ2v) is 9.99. The number of amides is 1. The third kappa shape index (κ3) is 4.85. The molecule has 4 atom stereocenters. The zero-order chi connectivity index (χ0) is 25.4. The van der Waals surface area contributed by atoms with Crippen molar-refractivity contribution in [3.8, 4) is 0 Å². The average molecular weight is 509 g/mol. The van der Waals surface area contributed by atoms with Crippen molar-refractivity contribution in [2.24, 2.45) is 0 Å². The van der Waals surface area contributed by atoms with Crippen LogP contribution in [0.4, 0.5) is 18.9 Å². The van der Waals surface area contributed by atoms with Crippen molar-refractivity contribution in [3.05, 3.63) is 65.2 Å². The molecule has 5 nitrogen and oxygen atoms in total. The molecule has 9 heteroatoms. The van der Waals surface area contributed by atoms with Crippen LogP contribution in [0.2, 0.25) is 0 Å². The van der Waals surface area contributed by atoms with Gasteiger partial charge in [0.2, 0.25) is 0 Å². The number of hydrogen-bond acceptors (Lipinski definition) is 4. The van der Waals surface area contributed by atoms with Gasteiger partial charge in [-0.1, -0.05) is 42.5 Å². The van der Waals surface area contributed by atoms with E-state index in [0.29, 0.717) is 25.8 Å². The maximum absolute atomic E-state index is 13.1. The fourth-order valence-electron chi connectivity index (χ4n) is 5.85. The highest BCUT2D eigenvalue weighted by Gasteiger charge is 2.56. The Bertz CT molecular complexity index is 1090. The molecule has 4 rings (SSSR count). The van der Waals surface area contributed by atoms with Crippen molar-refractivity contribution in [2.45, 2.75) is 68.2 Å². The summed E-state index contributed by atoms with van der Waals surface area (Å²) in [6.45, 7) is 2.56. The van der Waals surface area contributed by atoms with Gasteiger partial charge < -0.3 is 15.0 Å². The topological polar surface area (TPSA) is 58.6 Å². The van der Waals surface area contributed by atoms with Crippen molar-refractivity contribution < 1.29 is 27.5 Å². The van der Waals surface area contributed by atoms with Crippen molar-refractivity contribution in [3.63, 3.8) is 0 Å². The Morgan fingerprint density at radius 3 is 2.57 bits per heavy atom. The van der Waals surface area contributed by atoms with Gasteiger partial charge in [-0.3, -0.25) is 4.79 Å². The summed E-state index contributed by atoms with van der Waals surface area (Å²) in [7, 11) is 1.11. The molecule has 0 spiro atoms. The number of carbonyl (C=O) groups excluding carboxylic acids is 2. The van der Waals surface area contributed by atoms with Crippen LogP contribution in [0.1, 0.15) is 42.4 Å². The summed E-state index contributed by atoms with van der Waals surface area (Å²) in [5, 5.41) is 1.79. The van der Waals surface area contributed by atoms with E-state index in [1.54, 1.807) is 0 Å². The second-order valence-electron chi connectivity index (χ2n) is 9.38. The van der Waals surface area contributed by atoms with Crippen LogP contribution in [0, 0.1) is 6.92 Å². The number of hydrogen-bond donors (Lipinski definition) is 1. The van der Waals surface area contributed by atoms with Gasteiger partial charge in [-0.15, -0.1) is 11.6 Å². The molecule has 1 unspecified atom stereocenters. The van der Waals surface area contributed by atoms with Crippen molar-refractivity contribution >= 4 is 29.2 Å². The number of anilines is 1. The molecule has 188 valence electrons. The van der Waals surface area contributed by atoms with Crippen molar-refractivity contribution in [1.82, 2.24) is 5.32 Å². The molecule has 1 fully saturated rings. The van der Waals surface area contributed by atoms with Crippen LogP contribution in [0.15, 0.2) is 48.5 Å². The van der Waals surface area contributed by atoms with Gasteiger partial charge in [0.15, 0.2) is 0 Å². The SMILES string of the molecule is COC(=O)C(C[C@]12CC[C@H](Cl)C[C@H]1N(Cc1ccccc1)c1cccc(C)c12)NC(=O)C(F)(F)F. The lowest BCUT2D eigenvalue weighted by Gasteiger charge is -2.46. The summed E-state index contributed by atoms with van der Waals surface area (Å²) < 4.78 is 44.1. The van der Waals surface area contributed by atoms with Gasteiger partial charge in [-0.05, 0) is 55.4 Å². The molecule has 2 aromatic carbocycles. The number of carbonyl (C=O) groups is 2. The lowest BCUT2D eigenvalue weighted by Crippen LogP contribution is -2.55. The van der Waals surface area contributed by atoms with Gasteiger partial charge >= 0.3 is 18.1 Å². The molecule has 0 saturated heterocycles. The normalized spacial score (nSPS) is 24.3. The number of nitrogens with zero attached hydrogens (tertiary/aromatic N) is 1. The van der Waals surface area contributed by atoms with E-state index in [2.05, 4.69) is 4.90 Å². The summed E-state index contributed by atoms with van der Waals surface area (Å²) in [5.74, 6) is -3.06. The summed E-state index contributed by atoms with van der Waals surface area (Å²) in [5.41, 5.74) is 3.37. The minimum atomic E-state index is -5.11. The van der Waals surface area contributed by atoms with E-state index >= 15 is 0 Å². The molecule has 1 heterocycles. The first kappa shape index (κ1) is 25.4. The largest absolute Gasteiger partial charge is 0.471 e. The molecule has 2 aromatic rings. The van der Waals surface area contributed by atoms with Gasteiger partial charge in [0.1, 0.15) is 6.04 Å². The molecule has 1 aliphatic carbocycles. The fourth-order valence-corrected chi connectivity index (χ4v) is 6.12. The van der Waals surface area contributed by atoms with Gasteiger partial charge in [0.05, 0.1) is 7.11 Å². The van der Waals surface area contributed by atoms with E-state index in [1.165, 1.54) is 0 Å². The number of benzene rings is 2. The van der Waals surface area contributed by atoms with E-state index in [9.17, 15) is 22.8 Å². The van der Waals surface area contributed by atoms with E-state index in [1.807, 2.05) is 60.8 Å². The molecule has 0 aromatic heterocycles. The van der Waals surface area contributed by atoms with Crippen LogP contribution < -0.4 is 10.2 Å². The number of esters is 1. The van der Waals surface area contributed by atoms with Crippen molar-refractivity contribution in [2.75, 3.05) is 12.0 Å². The highest BCUT2D eigenvalue weighted by molar-refractivity contribution is 6.20. The summed E-state index contributed by atoms with van der Waals surface area (Å²) >= 11 is 6.63. The molecule has 35 heavy (non-hydrogen) atoms. The second kappa shape index (κ2) is 9.72. The number of fused-ring (bicyclic) bond motifs is 3. The minimum Gasteiger partial charge on any atom is -0.467 e. The van der Waals surface area contributed by atoms with E-state index in [-0.39, 0.29) is 17.8 Å². The first-order valence-electron chi connectivity index (χ1n) is 11.6. The number of aryl methyl sites for hydroxylation is 1. The monoisotopic (exact) mass is 508 g/mol. The van der Waals surface area contributed by atoms with Gasteiger partial charge in [0, 0.05) is 29.1 Å². The van der Waals surface area contributed by atoms with Crippen LogP contribution in [-0.2, 0) is 26.3 Å². The molecule has 1 saturated carbocycles. The summed E-state index contributed by atoms with van der Waals surface area (Å²) in [4.78, 5) is 26.7. The van der Waals surface area contributed by atoms with Crippen LogP contribution in [0.3, 0.4) is 0 Å². The lowest BCUT2D eigenvalue weighted by molar-refractivity contribution is -0.176. The van der Waals surface area contributed by atoms with Crippen LogP contribution in [0.25, 0.3) is 0 Å². The van der Waals surface area contributed by atoms with Crippen LogP contribution in [-0.4, -0.2) is 42.6 Å². The van der Waals surface area contributed by atoms with Gasteiger partial charge in [0.25, 0.3) is 0 Å². The third-order valence-electron chi connectivity index (χ3n) is 7.27.